The first-order valence-electron chi connectivity index (χ1n) is 13.0. The fraction of sp³-hybridized carbons (Fsp3) is 0.552. The van der Waals surface area contributed by atoms with Gasteiger partial charge in [-0.05, 0) is 97.1 Å². The molecule has 0 spiro atoms. The molecule has 1 saturated heterocycles. The van der Waals surface area contributed by atoms with Gasteiger partial charge in [0.25, 0.3) is 5.91 Å². The van der Waals surface area contributed by atoms with Crippen LogP contribution in [0.4, 0.5) is 0 Å². The van der Waals surface area contributed by atoms with Gasteiger partial charge in [0.15, 0.2) is 6.61 Å². The zero-order chi connectivity index (χ0) is 23.1. The summed E-state index contributed by atoms with van der Waals surface area (Å²) in [6.45, 7) is 4.28. The highest BCUT2D eigenvalue weighted by Crippen LogP contribution is 2.60. The summed E-state index contributed by atoms with van der Waals surface area (Å²) in [5.74, 6) is 3.74. The lowest BCUT2D eigenvalue weighted by Crippen LogP contribution is -2.49. The van der Waals surface area contributed by atoms with Crippen LogP contribution in [0.1, 0.15) is 49.7 Å². The normalized spacial score (nSPS) is 30.5. The molecule has 180 valence electrons. The van der Waals surface area contributed by atoms with Crippen molar-refractivity contribution in [3.05, 3.63) is 64.7 Å². The van der Waals surface area contributed by atoms with Crippen molar-refractivity contribution >= 4 is 17.5 Å². The summed E-state index contributed by atoms with van der Waals surface area (Å²) in [6.07, 6.45) is 8.54. The van der Waals surface area contributed by atoms with Crippen molar-refractivity contribution in [3.8, 4) is 5.75 Å². The number of hydrogen-bond donors (Lipinski definition) is 0. The first-order valence-corrected chi connectivity index (χ1v) is 13.4. The Morgan fingerprint density at radius 3 is 2.03 bits per heavy atom. The van der Waals surface area contributed by atoms with E-state index in [4.69, 9.17) is 16.3 Å². The van der Waals surface area contributed by atoms with Crippen molar-refractivity contribution in [3.63, 3.8) is 0 Å². The minimum atomic E-state index is 0.0799. The second kappa shape index (κ2) is 9.20. The van der Waals surface area contributed by atoms with E-state index in [1.807, 2.05) is 17.0 Å². The second-order valence-electron chi connectivity index (χ2n) is 11.3. The van der Waals surface area contributed by atoms with Crippen LogP contribution in [0.3, 0.4) is 0 Å². The fourth-order valence-corrected chi connectivity index (χ4v) is 7.73. The number of halogens is 1. The Labute approximate surface area is 208 Å². The van der Waals surface area contributed by atoms with Crippen molar-refractivity contribution in [2.24, 2.45) is 17.8 Å². The van der Waals surface area contributed by atoms with Gasteiger partial charge in [-0.1, -0.05) is 35.9 Å². The molecular weight excluding hydrogens is 444 g/mol. The van der Waals surface area contributed by atoms with Crippen LogP contribution in [0, 0.1) is 17.8 Å². The maximum absolute atomic E-state index is 12.7. The molecule has 5 aliphatic rings. The van der Waals surface area contributed by atoms with Crippen molar-refractivity contribution < 1.29 is 9.53 Å². The summed E-state index contributed by atoms with van der Waals surface area (Å²) in [4.78, 5) is 17.1. The number of amides is 1. The monoisotopic (exact) mass is 478 g/mol. The Morgan fingerprint density at radius 2 is 1.44 bits per heavy atom. The third-order valence-electron chi connectivity index (χ3n) is 8.91. The first kappa shape index (κ1) is 22.4. The Hall–Kier alpha value is -2.04. The Bertz CT molecular complexity index is 976. The fourth-order valence-electron chi connectivity index (χ4n) is 7.61. The topological polar surface area (TPSA) is 32.8 Å². The predicted molar refractivity (Wildman–Crippen MR) is 135 cm³/mol. The Balaban J connectivity index is 0.986. The van der Waals surface area contributed by atoms with Gasteiger partial charge in [0.2, 0.25) is 0 Å². The van der Waals surface area contributed by atoms with Gasteiger partial charge in [0.05, 0.1) is 0 Å². The van der Waals surface area contributed by atoms with Crippen LogP contribution in [-0.4, -0.2) is 48.5 Å². The van der Waals surface area contributed by atoms with Crippen molar-refractivity contribution in [1.29, 1.82) is 0 Å². The number of benzene rings is 2. The van der Waals surface area contributed by atoms with Crippen LogP contribution < -0.4 is 4.74 Å². The third-order valence-corrected chi connectivity index (χ3v) is 9.16. The maximum atomic E-state index is 12.7. The highest BCUT2D eigenvalue weighted by atomic mass is 35.5. The standard InChI is InChI=1S/C29H35ClN2O2/c30-26-5-1-21(2-6-26)19-31-9-11-32(12-10-31)28(33)20-34-27-7-3-25(4-8-27)29-16-22-13-23(17-29)15-24(14-22)18-29/h1-8,22-24H,9-20H2. The molecule has 0 N–H and O–H groups in total. The molecule has 0 radical (unpaired) electrons. The summed E-state index contributed by atoms with van der Waals surface area (Å²) in [5, 5.41) is 0.765. The molecule has 5 heteroatoms. The van der Waals surface area contributed by atoms with E-state index in [0.29, 0.717) is 5.41 Å². The zero-order valence-corrected chi connectivity index (χ0v) is 20.7. The number of ether oxygens (including phenoxy) is 1. The summed E-state index contributed by atoms with van der Waals surface area (Å²) >= 11 is 5.98. The average molecular weight is 479 g/mol. The van der Waals surface area contributed by atoms with Crippen LogP contribution in [-0.2, 0) is 16.8 Å². The lowest BCUT2D eigenvalue weighted by Gasteiger charge is -2.57. The zero-order valence-electron chi connectivity index (χ0n) is 19.9. The van der Waals surface area contributed by atoms with Gasteiger partial charge >= 0.3 is 0 Å². The van der Waals surface area contributed by atoms with E-state index in [0.717, 1.165) is 61.2 Å². The molecule has 4 saturated carbocycles. The molecule has 4 bridgehead atoms. The number of hydrogen-bond acceptors (Lipinski definition) is 3. The van der Waals surface area contributed by atoms with Gasteiger partial charge in [-0.25, -0.2) is 0 Å². The Kier molecular flexibility index (Phi) is 6.07. The molecule has 4 nitrogen and oxygen atoms in total. The minimum absolute atomic E-state index is 0.0799. The molecule has 2 aromatic carbocycles. The van der Waals surface area contributed by atoms with Crippen LogP contribution in [0.5, 0.6) is 5.75 Å². The molecule has 7 rings (SSSR count). The highest BCUT2D eigenvalue weighted by Gasteiger charge is 2.51. The van der Waals surface area contributed by atoms with Crippen LogP contribution in [0.15, 0.2) is 48.5 Å². The van der Waals surface area contributed by atoms with E-state index in [-0.39, 0.29) is 12.5 Å². The van der Waals surface area contributed by atoms with Crippen LogP contribution in [0.25, 0.3) is 0 Å². The first-order chi connectivity index (χ1) is 16.5. The molecule has 2 aromatic rings. The second-order valence-corrected chi connectivity index (χ2v) is 11.7. The molecule has 0 atom stereocenters. The summed E-state index contributed by atoms with van der Waals surface area (Å²) in [7, 11) is 0. The summed E-state index contributed by atoms with van der Waals surface area (Å²) in [5.41, 5.74) is 3.17. The molecular formula is C29H35ClN2O2. The number of carbonyl (C=O) groups excluding carboxylic acids is 1. The van der Waals surface area contributed by atoms with Crippen LogP contribution in [0.2, 0.25) is 5.02 Å². The maximum Gasteiger partial charge on any atom is 0.260 e. The number of carbonyl (C=O) groups is 1. The van der Waals surface area contributed by atoms with Crippen molar-refractivity contribution in [2.45, 2.75) is 50.5 Å². The summed E-state index contributed by atoms with van der Waals surface area (Å²) < 4.78 is 5.91. The molecule has 1 aliphatic heterocycles. The molecule has 0 aromatic heterocycles. The van der Waals surface area contributed by atoms with Crippen LogP contribution >= 0.6 is 11.6 Å². The highest BCUT2D eigenvalue weighted by molar-refractivity contribution is 6.30. The van der Waals surface area contributed by atoms with E-state index in [9.17, 15) is 4.79 Å². The minimum Gasteiger partial charge on any atom is -0.484 e. The van der Waals surface area contributed by atoms with Gasteiger partial charge in [-0.15, -0.1) is 0 Å². The number of rotatable bonds is 6. The largest absolute Gasteiger partial charge is 0.484 e. The average Bonchev–Trinajstić information content (AvgIpc) is 2.84. The third kappa shape index (κ3) is 4.59. The van der Waals surface area contributed by atoms with Gasteiger partial charge in [0.1, 0.15) is 5.75 Å². The SMILES string of the molecule is O=C(COc1ccc(C23CC4CC(CC(C4)C2)C3)cc1)N1CCN(Cc2ccc(Cl)cc2)CC1. The molecule has 4 aliphatic carbocycles. The summed E-state index contributed by atoms with van der Waals surface area (Å²) in [6, 6.07) is 16.7. The van der Waals surface area contributed by atoms with Crippen molar-refractivity contribution in [2.75, 3.05) is 32.8 Å². The quantitative estimate of drug-likeness (QED) is 0.547. The number of piperazine rings is 1. The Morgan fingerprint density at radius 1 is 0.853 bits per heavy atom. The van der Waals surface area contributed by atoms with Crippen molar-refractivity contribution in [1.82, 2.24) is 9.80 Å². The lowest BCUT2D eigenvalue weighted by atomic mass is 9.48. The molecule has 34 heavy (non-hydrogen) atoms. The van der Waals surface area contributed by atoms with E-state index < -0.39 is 0 Å². The van der Waals surface area contributed by atoms with Gasteiger partial charge in [-0.2, -0.15) is 0 Å². The number of nitrogens with zero attached hydrogens (tertiary/aromatic N) is 2. The molecule has 1 heterocycles. The molecule has 5 fully saturated rings. The lowest BCUT2D eigenvalue weighted by molar-refractivity contribution is -0.135. The van der Waals surface area contributed by atoms with E-state index in [2.05, 4.69) is 41.3 Å². The molecule has 0 unspecified atom stereocenters. The van der Waals surface area contributed by atoms with E-state index >= 15 is 0 Å². The van der Waals surface area contributed by atoms with E-state index in [1.54, 1.807) is 0 Å². The van der Waals surface area contributed by atoms with Gasteiger partial charge < -0.3 is 9.64 Å². The van der Waals surface area contributed by atoms with E-state index in [1.165, 1.54) is 49.7 Å². The van der Waals surface area contributed by atoms with Gasteiger partial charge in [-0.3, -0.25) is 9.69 Å². The smallest absolute Gasteiger partial charge is 0.260 e. The van der Waals surface area contributed by atoms with Gasteiger partial charge in [0, 0.05) is 37.7 Å². The molecule has 1 amide bonds. The predicted octanol–water partition coefficient (Wildman–Crippen LogP) is 5.53.